The van der Waals surface area contributed by atoms with E-state index in [-0.39, 0.29) is 49.9 Å². The zero-order chi connectivity index (χ0) is 45.7. The van der Waals surface area contributed by atoms with Crippen LogP contribution in [0.5, 0.6) is 11.5 Å². The third-order valence-electron chi connectivity index (χ3n) is 13.2. The Morgan fingerprint density at radius 1 is 0.938 bits per heavy atom. The highest BCUT2D eigenvalue weighted by Gasteiger charge is 2.65. The number of unbranched alkanes of at least 4 members (excludes halogenated alkanes) is 11. The van der Waals surface area contributed by atoms with E-state index in [0.717, 1.165) is 56.1 Å². The Labute approximate surface area is 382 Å². The second-order valence-electron chi connectivity index (χ2n) is 17.6. The van der Waals surface area contributed by atoms with Crippen LogP contribution in [-0.2, 0) is 9.57 Å². The zero-order valence-corrected chi connectivity index (χ0v) is 38.7. The number of aliphatic hydroxyl groups is 2. The highest BCUT2D eigenvalue weighted by atomic mass is 16.7. The molecular formula is C52H74N4O8. The maximum atomic E-state index is 14.8. The summed E-state index contributed by atoms with van der Waals surface area (Å²) in [6.07, 6.45) is 21.0. The highest BCUT2D eigenvalue weighted by molar-refractivity contribution is 6.03. The van der Waals surface area contributed by atoms with E-state index in [0.29, 0.717) is 60.7 Å². The first kappa shape index (κ1) is 50.3. The number of ether oxygens (including phenoxy) is 3. The minimum atomic E-state index is -1.41. The Hall–Kier alpha value is -4.70. The minimum Gasteiger partial charge on any atom is -0.459 e. The molecule has 64 heavy (non-hydrogen) atoms. The number of carbonyl (C=O) groups is 2. The van der Waals surface area contributed by atoms with Crippen molar-refractivity contribution in [1.29, 1.82) is 5.26 Å². The van der Waals surface area contributed by atoms with E-state index < -0.39 is 23.8 Å². The number of benzene rings is 2. The molecule has 3 N–H and O–H groups in total. The van der Waals surface area contributed by atoms with Gasteiger partial charge >= 0.3 is 6.09 Å². The fourth-order valence-corrected chi connectivity index (χ4v) is 10.3. The van der Waals surface area contributed by atoms with Crippen LogP contribution in [-0.4, -0.2) is 84.7 Å². The largest absolute Gasteiger partial charge is 0.459 e. The molecule has 3 aliphatic rings. The van der Waals surface area contributed by atoms with Crippen LogP contribution in [0.25, 0.3) is 0 Å². The molecule has 12 heteroatoms. The molecule has 0 unspecified atom stereocenters. The number of rotatable bonds is 28. The first-order chi connectivity index (χ1) is 31.3. The Kier molecular flexibility index (Phi) is 20.7. The number of fused-ring (bicyclic) bond motifs is 2. The molecule has 0 saturated heterocycles. The molecule has 0 spiro atoms. The van der Waals surface area contributed by atoms with Crippen LogP contribution in [0.3, 0.4) is 0 Å². The minimum absolute atomic E-state index is 0.0187. The van der Waals surface area contributed by atoms with Gasteiger partial charge < -0.3 is 39.5 Å². The molecule has 12 nitrogen and oxygen atoms in total. The number of nitrogens with one attached hydrogen (secondary N) is 1. The maximum Gasteiger partial charge on any atom is 0.412 e. The quantitative estimate of drug-likeness (QED) is 0.0429. The van der Waals surface area contributed by atoms with Crippen LogP contribution in [0, 0.1) is 29.1 Å². The molecule has 1 aliphatic heterocycles. The van der Waals surface area contributed by atoms with E-state index in [1.807, 2.05) is 24.0 Å². The molecule has 2 amide bonds. The Balaban J connectivity index is 1.54. The monoisotopic (exact) mass is 883 g/mol. The van der Waals surface area contributed by atoms with Crippen molar-refractivity contribution in [2.75, 3.05) is 40.0 Å². The van der Waals surface area contributed by atoms with Crippen LogP contribution in [0.15, 0.2) is 71.9 Å². The Bertz CT molecular complexity index is 1890. The van der Waals surface area contributed by atoms with Crippen LogP contribution >= 0.6 is 0 Å². The van der Waals surface area contributed by atoms with Crippen molar-refractivity contribution in [3.8, 4) is 17.6 Å². The van der Waals surface area contributed by atoms with Crippen molar-refractivity contribution in [2.24, 2.45) is 22.9 Å². The number of aliphatic hydroxyl groups excluding tert-OH is 2. The van der Waals surface area contributed by atoms with Crippen molar-refractivity contribution in [3.63, 3.8) is 0 Å². The molecule has 5 rings (SSSR count). The lowest BCUT2D eigenvalue weighted by molar-refractivity contribution is -0.254. The van der Waals surface area contributed by atoms with Gasteiger partial charge in [-0.15, -0.1) is 6.58 Å². The topological polar surface area (TPSA) is 163 Å². The molecule has 1 heterocycles. The number of nitrogens with zero attached hydrogens (tertiary/aromatic N) is 3. The van der Waals surface area contributed by atoms with E-state index in [1.54, 1.807) is 36.4 Å². The zero-order valence-electron chi connectivity index (χ0n) is 38.7. The van der Waals surface area contributed by atoms with Gasteiger partial charge in [-0.2, -0.15) is 5.26 Å². The van der Waals surface area contributed by atoms with Crippen LogP contribution in [0.1, 0.15) is 157 Å². The number of oxime groups is 1. The summed E-state index contributed by atoms with van der Waals surface area (Å²) in [5.41, 5.74) is 3.38. The molecule has 6 atom stereocenters. The number of hydrogen-bond donors (Lipinski definition) is 3. The first-order valence-corrected chi connectivity index (χ1v) is 24.2. The average Bonchev–Trinajstić information content (AvgIpc) is 3.30. The third-order valence-corrected chi connectivity index (χ3v) is 13.2. The van der Waals surface area contributed by atoms with Crippen LogP contribution in [0.4, 0.5) is 4.79 Å². The van der Waals surface area contributed by atoms with Crippen LogP contribution in [0.2, 0.25) is 0 Å². The Morgan fingerprint density at radius 3 is 2.27 bits per heavy atom. The van der Waals surface area contributed by atoms with Crippen molar-refractivity contribution in [2.45, 2.75) is 147 Å². The van der Waals surface area contributed by atoms with Gasteiger partial charge in [0.1, 0.15) is 24.7 Å². The molecule has 0 aromatic heterocycles. The second-order valence-corrected chi connectivity index (χ2v) is 17.6. The normalized spacial score (nSPS) is 22.6. The van der Waals surface area contributed by atoms with Gasteiger partial charge in [0, 0.05) is 49.8 Å². The predicted octanol–water partition coefficient (Wildman–Crippen LogP) is 10.4. The number of nitriles is 1. The molecule has 1 saturated carbocycles. The fraction of sp³-hybridized carbons (Fsp3) is 0.615. The number of amides is 2. The molecule has 2 aliphatic carbocycles. The second kappa shape index (κ2) is 26.3. The van der Waals surface area contributed by atoms with Gasteiger partial charge in [-0.1, -0.05) is 102 Å². The molecule has 1 fully saturated rings. The molecular weight excluding hydrogens is 809 g/mol. The lowest BCUT2D eigenvalue weighted by Crippen LogP contribution is -2.70. The van der Waals surface area contributed by atoms with Gasteiger partial charge in [0.2, 0.25) is 5.79 Å². The summed E-state index contributed by atoms with van der Waals surface area (Å²) in [4.78, 5) is 35.5. The third kappa shape index (κ3) is 12.8. The summed E-state index contributed by atoms with van der Waals surface area (Å²) < 4.78 is 20.3. The molecule has 2 aromatic carbocycles. The molecule has 350 valence electrons. The maximum absolute atomic E-state index is 14.8. The van der Waals surface area contributed by atoms with E-state index in [1.165, 1.54) is 52.1 Å². The average molecular weight is 883 g/mol. The molecule has 0 radical (unpaired) electrons. The van der Waals surface area contributed by atoms with E-state index in [9.17, 15) is 25.1 Å². The summed E-state index contributed by atoms with van der Waals surface area (Å²) in [6.45, 7) is 9.51. The van der Waals surface area contributed by atoms with E-state index in [4.69, 9.17) is 19.0 Å². The van der Waals surface area contributed by atoms with Gasteiger partial charge in [0.05, 0.1) is 29.9 Å². The fourth-order valence-electron chi connectivity index (χ4n) is 10.3. The number of carbonyl (C=O) groups excluding carboxylic acids is 2. The van der Waals surface area contributed by atoms with Gasteiger partial charge in [0.25, 0.3) is 5.91 Å². The van der Waals surface area contributed by atoms with Gasteiger partial charge in [-0.05, 0) is 98.4 Å². The smallest absolute Gasteiger partial charge is 0.412 e. The Morgan fingerprint density at radius 2 is 1.62 bits per heavy atom. The summed E-state index contributed by atoms with van der Waals surface area (Å²) >= 11 is 0. The lowest BCUT2D eigenvalue weighted by Gasteiger charge is -2.60. The van der Waals surface area contributed by atoms with E-state index >= 15 is 0 Å². The summed E-state index contributed by atoms with van der Waals surface area (Å²) in [5, 5.41) is 36.9. The standard InChI is InChI=1S/C52H74N4O8/c1-5-8-9-10-11-12-13-14-15-18-29-54-51(60)63-41-27-28-46-44(35-41)48-42(22-17-20-32-58)40(21-16-19-31-57)34-43-45(55-61-4)36-47(52(64-46,49(43)48)62-33-7-3)56(30-6-2)50(59)39-25-23-38(37-53)24-26-39/h7,23-28,34-35,40,42,47-49,57-58H,3,5-6,8-22,29-33,36H2,1-2,4H3,(H,54,60)/t40-,42+,47-,48+,49+,52+/m0/s1. The predicted molar refractivity (Wildman–Crippen MR) is 250 cm³/mol. The van der Waals surface area contributed by atoms with E-state index in [2.05, 4.69) is 36.1 Å². The highest BCUT2D eigenvalue weighted by Crippen LogP contribution is 2.62. The lowest BCUT2D eigenvalue weighted by atomic mass is 9.55. The number of allylic oxidation sites excluding steroid dienone is 1. The first-order valence-electron chi connectivity index (χ1n) is 24.2. The van der Waals surface area contributed by atoms with Gasteiger partial charge in [-0.3, -0.25) is 4.79 Å². The molecule has 2 aromatic rings. The summed E-state index contributed by atoms with van der Waals surface area (Å²) in [7, 11) is 1.53. The summed E-state index contributed by atoms with van der Waals surface area (Å²) in [5.74, 6) is -1.34. The van der Waals surface area contributed by atoms with Crippen molar-refractivity contribution in [3.05, 3.63) is 83.5 Å². The number of hydrogen-bond acceptors (Lipinski definition) is 10. The van der Waals surface area contributed by atoms with Crippen molar-refractivity contribution >= 4 is 17.7 Å². The van der Waals surface area contributed by atoms with Gasteiger partial charge in [-0.25, -0.2) is 4.79 Å². The van der Waals surface area contributed by atoms with Crippen molar-refractivity contribution in [1.82, 2.24) is 10.2 Å². The van der Waals surface area contributed by atoms with Gasteiger partial charge in [0.15, 0.2) is 0 Å². The van der Waals surface area contributed by atoms with Crippen molar-refractivity contribution < 1.29 is 38.9 Å². The molecule has 0 bridgehead atoms. The van der Waals surface area contributed by atoms with Crippen LogP contribution < -0.4 is 14.8 Å². The summed E-state index contributed by atoms with van der Waals surface area (Å²) in [6, 6.07) is 13.6. The SMILES string of the molecule is C=CCO[C@@]12Oc3ccc(OC(=O)NCCCCCCCCCCCC)cc3[C@H]3[C@H](CCCCO)[C@@H](CCCCO)C=C(C(=NOC)C[C@@H]1N(CCC)C(=O)c1ccc(C#N)cc1)[C@H]32.